The van der Waals surface area contributed by atoms with Crippen molar-refractivity contribution in [3.63, 3.8) is 0 Å². The van der Waals surface area contributed by atoms with Gasteiger partial charge in [0.25, 0.3) is 0 Å². The van der Waals surface area contributed by atoms with E-state index in [0.29, 0.717) is 16.1 Å². The monoisotopic (exact) mass is 487 g/mol. The van der Waals surface area contributed by atoms with Crippen LogP contribution in [0.2, 0.25) is 10.2 Å². The summed E-state index contributed by atoms with van der Waals surface area (Å²) in [6, 6.07) is 4.58. The summed E-state index contributed by atoms with van der Waals surface area (Å²) >= 11 is 15.5. The summed E-state index contributed by atoms with van der Waals surface area (Å²) in [6.07, 6.45) is -4.70. The van der Waals surface area contributed by atoms with Gasteiger partial charge in [-0.05, 0) is 40.5 Å². The number of aromatic nitrogens is 1. The fourth-order valence-electron chi connectivity index (χ4n) is 1.96. The van der Waals surface area contributed by atoms with Crippen molar-refractivity contribution >= 4 is 62.6 Å². The Hall–Kier alpha value is -1.16. The van der Waals surface area contributed by atoms with E-state index in [2.05, 4.69) is 31.5 Å². The first-order valence-corrected chi connectivity index (χ1v) is 9.30. The molecule has 0 bridgehead atoms. The quantitative estimate of drug-likeness (QED) is 0.493. The third kappa shape index (κ3) is 4.57. The van der Waals surface area contributed by atoms with E-state index >= 15 is 0 Å². The summed E-state index contributed by atoms with van der Waals surface area (Å²) in [4.78, 5) is 16.0. The smallest absolute Gasteiger partial charge is 0.341 e. The maximum Gasteiger partial charge on any atom is 0.419 e. The molecule has 140 valence electrons. The zero-order valence-corrected chi connectivity index (χ0v) is 17.2. The number of alkyl halides is 3. The van der Waals surface area contributed by atoms with Gasteiger partial charge in [-0.1, -0.05) is 41.0 Å². The first-order chi connectivity index (χ1) is 12.1. The van der Waals surface area contributed by atoms with Gasteiger partial charge < -0.3 is 10.6 Å². The Balaban J connectivity index is 2.48. The number of benzene rings is 1. The number of carbonyl (C=O) groups excluding carboxylic acids is 1. The Bertz CT molecular complexity index is 865. The third-order valence-electron chi connectivity index (χ3n) is 3.26. The standard InChI is InChI=1S/C15H11BrCl2F3N3OS/c1-6-7(23-14(25)22-2)4-3-5-8(6)26-13-11(17)9(15(19,20)21)10(16)12(18)24-13/h3-5H,1-2H3,(H2,22,23,25). The molecule has 2 aromatic rings. The molecular weight excluding hydrogens is 478 g/mol. The molecule has 11 heteroatoms. The van der Waals surface area contributed by atoms with Crippen LogP contribution < -0.4 is 10.6 Å². The van der Waals surface area contributed by atoms with Crippen molar-refractivity contribution in [3.8, 4) is 0 Å². The molecule has 1 aromatic carbocycles. The van der Waals surface area contributed by atoms with Gasteiger partial charge in [0.1, 0.15) is 10.2 Å². The van der Waals surface area contributed by atoms with E-state index in [4.69, 9.17) is 23.2 Å². The molecule has 4 nitrogen and oxygen atoms in total. The Labute approximate surface area is 170 Å². The molecule has 0 saturated carbocycles. The second-order valence-electron chi connectivity index (χ2n) is 4.94. The highest BCUT2D eigenvalue weighted by Gasteiger charge is 2.38. The first kappa shape index (κ1) is 21.1. The maximum atomic E-state index is 13.3. The van der Waals surface area contributed by atoms with Crippen LogP contribution in [0.4, 0.5) is 23.7 Å². The number of pyridine rings is 1. The van der Waals surface area contributed by atoms with Crippen molar-refractivity contribution in [2.24, 2.45) is 0 Å². The zero-order valence-electron chi connectivity index (χ0n) is 13.3. The summed E-state index contributed by atoms with van der Waals surface area (Å²) in [5.41, 5.74) is 0.0650. The number of amides is 2. The highest BCUT2D eigenvalue weighted by Crippen LogP contribution is 2.47. The van der Waals surface area contributed by atoms with Crippen LogP contribution in [0, 0.1) is 6.92 Å². The summed E-state index contributed by atoms with van der Waals surface area (Å²) in [7, 11) is 1.47. The number of urea groups is 1. The lowest BCUT2D eigenvalue weighted by molar-refractivity contribution is -0.138. The van der Waals surface area contributed by atoms with Crippen molar-refractivity contribution in [2.75, 3.05) is 12.4 Å². The van der Waals surface area contributed by atoms with Crippen LogP contribution in [0.25, 0.3) is 0 Å². The largest absolute Gasteiger partial charge is 0.419 e. The molecule has 0 atom stereocenters. The number of hydrogen-bond acceptors (Lipinski definition) is 3. The fraction of sp³-hybridized carbons (Fsp3) is 0.200. The summed E-state index contributed by atoms with van der Waals surface area (Å²) in [5, 5.41) is 4.06. The predicted octanol–water partition coefficient (Wildman–Crippen LogP) is 6.38. The van der Waals surface area contributed by atoms with Gasteiger partial charge in [0.2, 0.25) is 0 Å². The van der Waals surface area contributed by atoms with E-state index in [1.807, 2.05) is 0 Å². The topological polar surface area (TPSA) is 54.0 Å². The van der Waals surface area contributed by atoms with Crippen LogP contribution in [-0.2, 0) is 6.18 Å². The lowest BCUT2D eigenvalue weighted by Gasteiger charge is -2.16. The Morgan fingerprint density at radius 3 is 2.54 bits per heavy atom. The summed E-state index contributed by atoms with van der Waals surface area (Å²) < 4.78 is 39.4. The number of nitrogens with one attached hydrogen (secondary N) is 2. The van der Waals surface area contributed by atoms with Crippen molar-refractivity contribution in [1.82, 2.24) is 10.3 Å². The van der Waals surface area contributed by atoms with Gasteiger partial charge in [0.05, 0.1) is 15.1 Å². The summed E-state index contributed by atoms with van der Waals surface area (Å²) in [5.74, 6) is 0. The van der Waals surface area contributed by atoms with Crippen molar-refractivity contribution in [3.05, 3.63) is 44.0 Å². The molecule has 0 aliphatic heterocycles. The molecule has 26 heavy (non-hydrogen) atoms. The number of anilines is 1. The molecule has 0 spiro atoms. The molecule has 2 N–H and O–H groups in total. The van der Waals surface area contributed by atoms with Crippen LogP contribution >= 0.6 is 50.9 Å². The van der Waals surface area contributed by atoms with Gasteiger partial charge in [0.15, 0.2) is 0 Å². The molecule has 0 unspecified atom stereocenters. The predicted molar refractivity (Wildman–Crippen MR) is 100 cm³/mol. The van der Waals surface area contributed by atoms with Gasteiger partial charge in [-0.25, -0.2) is 9.78 Å². The van der Waals surface area contributed by atoms with E-state index in [1.54, 1.807) is 25.1 Å². The second kappa shape index (κ2) is 8.24. The highest BCUT2D eigenvalue weighted by atomic mass is 79.9. The lowest BCUT2D eigenvalue weighted by Crippen LogP contribution is -2.24. The molecule has 0 aliphatic carbocycles. The van der Waals surface area contributed by atoms with Gasteiger partial charge in [-0.3, -0.25) is 0 Å². The normalized spacial score (nSPS) is 11.4. The fourth-order valence-corrected chi connectivity index (χ4v) is 4.12. The molecule has 0 aliphatic rings. The van der Waals surface area contributed by atoms with E-state index < -0.39 is 27.3 Å². The SMILES string of the molecule is CNC(=O)Nc1cccc(Sc2nc(Cl)c(Br)c(C(F)(F)F)c2Cl)c1C. The van der Waals surface area contributed by atoms with Gasteiger partial charge in [0, 0.05) is 17.6 Å². The average Bonchev–Trinajstić information content (AvgIpc) is 2.54. The minimum absolute atomic E-state index is 0.0904. The molecule has 0 radical (unpaired) electrons. The molecule has 2 amide bonds. The Kier molecular flexibility index (Phi) is 6.70. The van der Waals surface area contributed by atoms with Gasteiger partial charge in [-0.2, -0.15) is 13.2 Å². The lowest BCUT2D eigenvalue weighted by atomic mass is 10.2. The van der Waals surface area contributed by atoms with Gasteiger partial charge >= 0.3 is 12.2 Å². The number of halogens is 6. The number of hydrogen-bond donors (Lipinski definition) is 2. The van der Waals surface area contributed by atoms with E-state index in [-0.39, 0.29) is 10.2 Å². The molecule has 1 aromatic heterocycles. The van der Waals surface area contributed by atoms with Crippen molar-refractivity contribution in [1.29, 1.82) is 0 Å². The van der Waals surface area contributed by atoms with E-state index in [0.717, 1.165) is 11.8 Å². The minimum Gasteiger partial charge on any atom is -0.341 e. The number of nitrogens with zero attached hydrogens (tertiary/aromatic N) is 1. The van der Waals surface area contributed by atoms with Gasteiger partial charge in [-0.15, -0.1) is 0 Å². The number of carbonyl (C=O) groups is 1. The Morgan fingerprint density at radius 2 is 1.96 bits per heavy atom. The van der Waals surface area contributed by atoms with E-state index in [9.17, 15) is 18.0 Å². The molecule has 0 fully saturated rings. The van der Waals surface area contributed by atoms with Crippen molar-refractivity contribution in [2.45, 2.75) is 23.0 Å². The second-order valence-corrected chi connectivity index (χ2v) is 7.50. The molecule has 0 saturated heterocycles. The number of rotatable bonds is 3. The molecule has 2 rings (SSSR count). The zero-order chi connectivity index (χ0) is 19.6. The highest BCUT2D eigenvalue weighted by molar-refractivity contribution is 9.10. The summed E-state index contributed by atoms with van der Waals surface area (Å²) in [6.45, 7) is 1.71. The Morgan fingerprint density at radius 1 is 1.31 bits per heavy atom. The molecular formula is C15H11BrCl2F3N3OS. The minimum atomic E-state index is -4.70. The van der Waals surface area contributed by atoms with E-state index in [1.165, 1.54) is 7.05 Å². The third-order valence-corrected chi connectivity index (χ3v) is 6.16. The average molecular weight is 489 g/mol. The molecule has 1 heterocycles. The van der Waals surface area contributed by atoms with Crippen molar-refractivity contribution < 1.29 is 18.0 Å². The van der Waals surface area contributed by atoms with Crippen LogP contribution in [0.15, 0.2) is 32.6 Å². The van der Waals surface area contributed by atoms with Crippen LogP contribution in [0.1, 0.15) is 11.1 Å². The van der Waals surface area contributed by atoms with Crippen LogP contribution in [0.3, 0.4) is 0 Å². The van der Waals surface area contributed by atoms with Crippen LogP contribution in [0.5, 0.6) is 0 Å². The maximum absolute atomic E-state index is 13.3. The van der Waals surface area contributed by atoms with Crippen LogP contribution in [-0.4, -0.2) is 18.1 Å². The first-order valence-electron chi connectivity index (χ1n) is 6.94.